The van der Waals surface area contributed by atoms with Gasteiger partial charge in [-0.3, -0.25) is 9.78 Å². The van der Waals surface area contributed by atoms with Gasteiger partial charge in [0.25, 0.3) is 0 Å². The third-order valence-electron chi connectivity index (χ3n) is 7.64. The number of benzene rings is 1. The van der Waals surface area contributed by atoms with E-state index < -0.39 is 46.2 Å². The minimum absolute atomic E-state index is 0.0476. The summed E-state index contributed by atoms with van der Waals surface area (Å²) in [5.41, 5.74) is 1.47. The number of alkyl halides is 1. The smallest absolute Gasteiger partial charge is 0.243 e. The van der Waals surface area contributed by atoms with E-state index in [1.165, 1.54) is 12.8 Å². The van der Waals surface area contributed by atoms with Crippen molar-refractivity contribution in [1.82, 2.24) is 9.29 Å². The molecule has 2 saturated heterocycles. The zero-order valence-electron chi connectivity index (χ0n) is 19.3. The molecule has 6 nitrogen and oxygen atoms in total. The molecule has 3 heterocycles. The largest absolute Gasteiger partial charge is 0.369 e. The molecule has 3 fully saturated rings. The van der Waals surface area contributed by atoms with E-state index in [9.17, 15) is 26.4 Å². The molecule has 1 aromatic heterocycles. The highest BCUT2D eigenvalue weighted by atomic mass is 32.2. The fourth-order valence-electron chi connectivity index (χ4n) is 5.22. The maximum atomic E-state index is 14.5. The lowest BCUT2D eigenvalue weighted by Crippen LogP contribution is -2.40. The van der Waals surface area contributed by atoms with Crippen LogP contribution < -0.4 is 4.90 Å². The molecule has 0 bridgehead atoms. The SMILES string of the molecule is O=C(CCc1cc(N2CCC3(CC2)CC3)c(F)cn1)[C@@H]1C[C@@H](F)CN1S(=O)(=O)c1ccc(F)cc1. The van der Waals surface area contributed by atoms with E-state index in [0.717, 1.165) is 60.7 Å². The quantitative estimate of drug-likeness (QED) is 0.566. The number of hydrogen-bond donors (Lipinski definition) is 0. The highest BCUT2D eigenvalue weighted by molar-refractivity contribution is 7.89. The fraction of sp³-hybridized carbons (Fsp3) is 0.520. The Kier molecular flexibility index (Phi) is 6.37. The Labute approximate surface area is 203 Å². The molecule has 0 amide bonds. The van der Waals surface area contributed by atoms with Gasteiger partial charge in [0.2, 0.25) is 10.0 Å². The number of ketones is 1. The minimum atomic E-state index is -4.16. The summed E-state index contributed by atoms with van der Waals surface area (Å²) >= 11 is 0. The highest BCUT2D eigenvalue weighted by Gasteiger charge is 2.45. The van der Waals surface area contributed by atoms with Crippen LogP contribution in [0.5, 0.6) is 0 Å². The second kappa shape index (κ2) is 9.20. The first kappa shape index (κ1) is 24.2. The number of piperidine rings is 1. The normalized spacial score (nSPS) is 24.1. The second-order valence-electron chi connectivity index (χ2n) is 9.96. The molecule has 0 radical (unpaired) electrons. The summed E-state index contributed by atoms with van der Waals surface area (Å²) < 4.78 is 68.9. The lowest BCUT2D eigenvalue weighted by Gasteiger charge is -2.34. The van der Waals surface area contributed by atoms with Gasteiger partial charge in [-0.15, -0.1) is 0 Å². The minimum Gasteiger partial charge on any atom is -0.369 e. The third kappa shape index (κ3) is 4.95. The topological polar surface area (TPSA) is 70.6 Å². The zero-order valence-corrected chi connectivity index (χ0v) is 20.1. The monoisotopic (exact) mass is 507 g/mol. The molecule has 35 heavy (non-hydrogen) atoms. The van der Waals surface area contributed by atoms with Gasteiger partial charge in [-0.25, -0.2) is 21.6 Å². The predicted molar refractivity (Wildman–Crippen MR) is 124 cm³/mol. The van der Waals surface area contributed by atoms with Crippen molar-refractivity contribution < 1.29 is 26.4 Å². The summed E-state index contributed by atoms with van der Waals surface area (Å²) in [6.45, 7) is 1.15. The van der Waals surface area contributed by atoms with Gasteiger partial charge in [0, 0.05) is 38.2 Å². The number of carbonyl (C=O) groups is 1. The lowest BCUT2D eigenvalue weighted by atomic mass is 9.93. The van der Waals surface area contributed by atoms with Gasteiger partial charge in [-0.1, -0.05) is 0 Å². The number of carbonyl (C=O) groups excluding carboxylic acids is 1. The zero-order chi connectivity index (χ0) is 24.8. The summed E-state index contributed by atoms with van der Waals surface area (Å²) in [7, 11) is -4.16. The van der Waals surface area contributed by atoms with Crippen LogP contribution >= 0.6 is 0 Å². The van der Waals surface area contributed by atoms with E-state index in [2.05, 4.69) is 4.98 Å². The van der Waals surface area contributed by atoms with Crippen LogP contribution in [0.1, 0.15) is 44.2 Å². The summed E-state index contributed by atoms with van der Waals surface area (Å²) in [5, 5.41) is 0. The van der Waals surface area contributed by atoms with Gasteiger partial charge in [-0.2, -0.15) is 4.31 Å². The molecule has 5 rings (SSSR count). The molecule has 10 heteroatoms. The number of aromatic nitrogens is 1. The van der Waals surface area contributed by atoms with Gasteiger partial charge >= 0.3 is 0 Å². The number of aryl methyl sites for hydroxylation is 1. The Balaban J connectivity index is 1.26. The van der Waals surface area contributed by atoms with E-state index in [1.807, 2.05) is 4.90 Å². The molecule has 2 atom stereocenters. The van der Waals surface area contributed by atoms with Crippen molar-refractivity contribution in [3.05, 3.63) is 53.9 Å². The summed E-state index contributed by atoms with van der Waals surface area (Å²) in [6, 6.07) is 4.75. The van der Waals surface area contributed by atoms with Crippen molar-refractivity contribution in [2.24, 2.45) is 5.41 Å². The molecular weight excluding hydrogens is 479 g/mol. The molecule has 3 aliphatic rings. The highest BCUT2D eigenvalue weighted by Crippen LogP contribution is 2.54. The second-order valence-corrected chi connectivity index (χ2v) is 11.8. The Morgan fingerprint density at radius 3 is 2.43 bits per heavy atom. The van der Waals surface area contributed by atoms with Crippen molar-refractivity contribution in [2.45, 2.75) is 62.1 Å². The van der Waals surface area contributed by atoms with E-state index in [1.54, 1.807) is 6.07 Å². The summed E-state index contributed by atoms with van der Waals surface area (Å²) in [6.07, 6.45) is 4.22. The van der Waals surface area contributed by atoms with Gasteiger partial charge in [-0.05, 0) is 67.9 Å². The number of pyridine rings is 1. The van der Waals surface area contributed by atoms with Crippen LogP contribution in [0.4, 0.5) is 18.9 Å². The van der Waals surface area contributed by atoms with Gasteiger partial charge in [0.15, 0.2) is 11.6 Å². The Bertz CT molecular complexity index is 1210. The van der Waals surface area contributed by atoms with Crippen LogP contribution in [-0.4, -0.2) is 55.3 Å². The molecule has 1 aliphatic carbocycles. The van der Waals surface area contributed by atoms with Crippen molar-refractivity contribution in [3.63, 3.8) is 0 Å². The summed E-state index contributed by atoms with van der Waals surface area (Å²) in [4.78, 5) is 18.9. The molecule has 1 spiro atoms. The van der Waals surface area contributed by atoms with Crippen LogP contribution in [-0.2, 0) is 21.2 Å². The average Bonchev–Trinajstić information content (AvgIpc) is 3.47. The first-order chi connectivity index (χ1) is 16.7. The number of hydrogen-bond acceptors (Lipinski definition) is 5. The number of halogens is 3. The Hall–Kier alpha value is -2.46. The van der Waals surface area contributed by atoms with Crippen LogP contribution in [0, 0.1) is 17.0 Å². The van der Waals surface area contributed by atoms with Gasteiger partial charge < -0.3 is 4.90 Å². The van der Waals surface area contributed by atoms with Crippen LogP contribution in [0.15, 0.2) is 41.4 Å². The maximum absolute atomic E-state index is 14.5. The van der Waals surface area contributed by atoms with Crippen molar-refractivity contribution >= 4 is 21.5 Å². The van der Waals surface area contributed by atoms with E-state index >= 15 is 0 Å². The molecular formula is C25H28F3N3O3S. The van der Waals surface area contributed by atoms with Crippen LogP contribution in [0.3, 0.4) is 0 Å². The van der Waals surface area contributed by atoms with Crippen LogP contribution in [0.2, 0.25) is 0 Å². The Morgan fingerprint density at radius 2 is 1.77 bits per heavy atom. The first-order valence-corrected chi connectivity index (χ1v) is 13.4. The molecule has 1 aromatic carbocycles. The maximum Gasteiger partial charge on any atom is 0.243 e. The lowest BCUT2D eigenvalue weighted by molar-refractivity contribution is -0.122. The van der Waals surface area contributed by atoms with E-state index in [0.29, 0.717) is 16.8 Å². The van der Waals surface area contributed by atoms with Crippen molar-refractivity contribution in [3.8, 4) is 0 Å². The molecule has 1 saturated carbocycles. The predicted octanol–water partition coefficient (Wildman–Crippen LogP) is 4.04. The van der Waals surface area contributed by atoms with E-state index in [-0.39, 0.29) is 24.2 Å². The van der Waals surface area contributed by atoms with E-state index in [4.69, 9.17) is 0 Å². The molecule has 188 valence electrons. The van der Waals surface area contributed by atoms with Gasteiger partial charge in [0.1, 0.15) is 12.0 Å². The standard InChI is InChI=1S/C25H28F3N3O3S/c26-17-1-4-20(5-2-17)35(33,34)31-16-18(27)13-23(31)24(32)6-3-19-14-22(21(28)15-29-19)30-11-9-25(7-8-25)10-12-30/h1-2,4-5,14-15,18,23H,3,6-13,16H2/t18-,23+/m1/s1. The van der Waals surface area contributed by atoms with Crippen molar-refractivity contribution in [1.29, 1.82) is 0 Å². The molecule has 0 unspecified atom stereocenters. The number of rotatable bonds is 7. The van der Waals surface area contributed by atoms with Gasteiger partial charge in [0.05, 0.1) is 22.8 Å². The number of anilines is 1. The third-order valence-corrected chi connectivity index (χ3v) is 9.53. The molecule has 2 aromatic rings. The van der Waals surface area contributed by atoms with Crippen LogP contribution in [0.25, 0.3) is 0 Å². The molecule has 0 N–H and O–H groups in total. The number of Topliss-reactive ketones (excluding diaryl/α,β-unsaturated/α-hetero) is 1. The average molecular weight is 508 g/mol. The first-order valence-electron chi connectivity index (χ1n) is 12.0. The number of nitrogens with zero attached hydrogens (tertiary/aromatic N) is 3. The molecule has 2 aliphatic heterocycles. The summed E-state index contributed by atoms with van der Waals surface area (Å²) in [5.74, 6) is -1.42. The number of sulfonamides is 1. The fourth-order valence-corrected chi connectivity index (χ4v) is 6.87. The van der Waals surface area contributed by atoms with Crippen molar-refractivity contribution in [2.75, 3.05) is 24.5 Å². The Morgan fingerprint density at radius 1 is 1.09 bits per heavy atom.